The molecule has 2 aliphatic rings. The quantitative estimate of drug-likeness (QED) is 0.0156. The van der Waals surface area contributed by atoms with Gasteiger partial charge in [-0.25, -0.2) is 4.79 Å². The molecular formula is C75H98O16. The Bertz CT molecular complexity index is 2810. The Hall–Kier alpha value is -6.60. The van der Waals surface area contributed by atoms with Gasteiger partial charge in [-0.15, -0.1) is 0 Å². The van der Waals surface area contributed by atoms with Gasteiger partial charge in [0.15, 0.2) is 24.8 Å². The molecule has 2 fully saturated rings. The number of ether oxygens (including phenoxy) is 12. The van der Waals surface area contributed by atoms with Gasteiger partial charge in [-0.2, -0.15) is 0 Å². The molecule has 1 unspecified atom stereocenters. The van der Waals surface area contributed by atoms with E-state index in [0.29, 0.717) is 18.4 Å². The summed E-state index contributed by atoms with van der Waals surface area (Å²) in [7, 11) is 0. The maximum atomic E-state index is 13.6. The molecule has 494 valence electrons. The van der Waals surface area contributed by atoms with Gasteiger partial charge >= 0.3 is 23.9 Å². The summed E-state index contributed by atoms with van der Waals surface area (Å²) >= 11 is 0. The van der Waals surface area contributed by atoms with Crippen molar-refractivity contribution < 1.29 is 76.0 Å². The van der Waals surface area contributed by atoms with Crippen LogP contribution in [0.3, 0.4) is 0 Å². The number of carbonyl (C=O) groups excluding carboxylic acids is 4. The minimum absolute atomic E-state index is 0.0306. The van der Waals surface area contributed by atoms with Crippen LogP contribution < -0.4 is 0 Å². The summed E-state index contributed by atoms with van der Waals surface area (Å²) in [5, 5.41) is 0. The third kappa shape index (κ3) is 26.5. The van der Waals surface area contributed by atoms with Crippen LogP contribution in [-0.2, 0) is 97.7 Å². The Morgan fingerprint density at radius 1 is 0.429 bits per heavy atom. The zero-order chi connectivity index (χ0) is 64.1. The average Bonchev–Trinajstić information content (AvgIpc) is 0.789. The molecule has 7 rings (SSSR count). The lowest BCUT2D eigenvalue weighted by atomic mass is 9.95. The summed E-state index contributed by atoms with van der Waals surface area (Å²) in [6.07, 6.45) is 10.5. The number of esters is 4. The molecule has 16 heteroatoms. The highest BCUT2D eigenvalue weighted by molar-refractivity contribution is 5.89. The van der Waals surface area contributed by atoms with Crippen molar-refractivity contribution in [3.8, 4) is 0 Å². The van der Waals surface area contributed by atoms with E-state index >= 15 is 0 Å². The molecule has 5 aromatic rings. The SMILES string of the molecule is CCCCCCCCCCCCCCCCCC(C/C=C/COC(=O)c1ccccc1)O[C@@H]1O[C@H](COCc2ccccc2)[C@H](O[C@H]2O[C@H](COC(C)=O)[C@@H](OCc3ccccc3)[C@H](OCc3ccccc3)[C@H]2OCc2ccccc2)[C@H](OC(C)=O)[C@H]1OC(C)=O. The molecule has 0 aromatic heterocycles. The van der Waals surface area contributed by atoms with E-state index in [1.165, 1.54) is 91.4 Å². The first kappa shape index (κ1) is 71.8. The highest BCUT2D eigenvalue weighted by Gasteiger charge is 2.56. The molecule has 5 aromatic carbocycles. The lowest BCUT2D eigenvalue weighted by Gasteiger charge is -2.50. The van der Waals surface area contributed by atoms with Gasteiger partial charge in [-0.05, 0) is 47.2 Å². The Balaban J connectivity index is 1.19. The van der Waals surface area contributed by atoms with Crippen molar-refractivity contribution in [2.75, 3.05) is 19.8 Å². The third-order valence-electron chi connectivity index (χ3n) is 16.1. The molecule has 2 heterocycles. The Morgan fingerprint density at radius 3 is 1.37 bits per heavy atom. The van der Waals surface area contributed by atoms with Crippen molar-refractivity contribution >= 4 is 23.9 Å². The number of carbonyl (C=O) groups is 4. The van der Waals surface area contributed by atoms with Crippen LogP contribution in [0.5, 0.6) is 0 Å². The van der Waals surface area contributed by atoms with Crippen LogP contribution in [0.2, 0.25) is 0 Å². The van der Waals surface area contributed by atoms with E-state index in [9.17, 15) is 19.2 Å². The van der Waals surface area contributed by atoms with Gasteiger partial charge in [0.1, 0.15) is 49.8 Å². The summed E-state index contributed by atoms with van der Waals surface area (Å²) in [6, 6.07) is 47.4. The normalized spacial score (nSPS) is 21.8. The highest BCUT2D eigenvalue weighted by Crippen LogP contribution is 2.37. The monoisotopic (exact) mass is 1250 g/mol. The van der Waals surface area contributed by atoms with E-state index in [0.717, 1.165) is 47.9 Å². The predicted molar refractivity (Wildman–Crippen MR) is 346 cm³/mol. The second-order valence-corrected chi connectivity index (χ2v) is 23.6. The Labute approximate surface area is 539 Å². The fourth-order valence-electron chi connectivity index (χ4n) is 11.4. The molecule has 2 aliphatic heterocycles. The minimum Gasteiger partial charge on any atom is -0.463 e. The van der Waals surface area contributed by atoms with E-state index in [1.807, 2.05) is 133 Å². The zero-order valence-electron chi connectivity index (χ0n) is 53.9. The summed E-state index contributed by atoms with van der Waals surface area (Å²) in [5.74, 6) is -2.38. The van der Waals surface area contributed by atoms with Gasteiger partial charge in [-0.1, -0.05) is 255 Å². The molecular weight excluding hydrogens is 1160 g/mol. The van der Waals surface area contributed by atoms with Crippen LogP contribution in [0, 0.1) is 0 Å². The highest BCUT2D eigenvalue weighted by atomic mass is 16.8. The molecule has 11 atom stereocenters. The fraction of sp³-hybridized carbons (Fsp3) is 0.520. The summed E-state index contributed by atoms with van der Waals surface area (Å²) in [4.78, 5) is 52.7. The average molecular weight is 1260 g/mol. The van der Waals surface area contributed by atoms with Crippen molar-refractivity contribution in [2.45, 2.75) is 231 Å². The molecule has 0 saturated carbocycles. The van der Waals surface area contributed by atoms with Crippen LogP contribution in [0.15, 0.2) is 164 Å². The molecule has 0 amide bonds. The van der Waals surface area contributed by atoms with Crippen molar-refractivity contribution in [3.63, 3.8) is 0 Å². The first-order valence-electron chi connectivity index (χ1n) is 33.1. The standard InChI is InChI=1S/C75H98O16/c1-5-6-7-8-9-10-11-12-13-14-15-16-17-18-34-47-64(48-35-36-49-81-73(79)63-45-32-23-33-46-63)88-75-72(87-58(4)78)70(86-57(3)77)68(65(89-75)54-80-50-59-37-24-19-25-38-59)91-74-71(85-53-62-43-30-22-31-44-62)69(84-52-61-41-28-21-29-42-61)67(66(90-74)55-82-56(2)76)83-51-60-39-26-20-27-40-60/h19-33,35-46,64-72,74-75H,5-18,34,47-55H2,1-4H3/b36-35+/t64?,65-,66-,67-,68+,69+,70+,71-,72-,74-,75-/m1/s1. The Morgan fingerprint density at radius 2 is 0.868 bits per heavy atom. The minimum atomic E-state index is -1.40. The van der Waals surface area contributed by atoms with E-state index < -0.39 is 91.4 Å². The number of hydrogen-bond acceptors (Lipinski definition) is 16. The van der Waals surface area contributed by atoms with Gasteiger partial charge in [0.25, 0.3) is 0 Å². The number of rotatable bonds is 42. The van der Waals surface area contributed by atoms with Crippen LogP contribution in [0.1, 0.15) is 169 Å². The van der Waals surface area contributed by atoms with Gasteiger partial charge in [0, 0.05) is 20.8 Å². The van der Waals surface area contributed by atoms with Gasteiger partial charge < -0.3 is 56.8 Å². The van der Waals surface area contributed by atoms with Crippen LogP contribution in [0.4, 0.5) is 0 Å². The molecule has 0 radical (unpaired) electrons. The second kappa shape index (κ2) is 41.8. The van der Waals surface area contributed by atoms with Crippen LogP contribution in [0.25, 0.3) is 0 Å². The lowest BCUT2D eigenvalue weighted by Crippen LogP contribution is -2.67. The fourth-order valence-corrected chi connectivity index (χ4v) is 11.4. The van der Waals surface area contributed by atoms with Crippen LogP contribution >= 0.6 is 0 Å². The molecule has 2 saturated heterocycles. The lowest BCUT2D eigenvalue weighted by molar-refractivity contribution is -0.373. The van der Waals surface area contributed by atoms with Gasteiger partial charge in [0.05, 0.1) is 44.7 Å². The maximum absolute atomic E-state index is 13.6. The molecule has 0 N–H and O–H groups in total. The maximum Gasteiger partial charge on any atom is 0.338 e. The van der Waals surface area contributed by atoms with Crippen molar-refractivity contribution in [3.05, 3.63) is 192 Å². The molecule has 0 bridgehead atoms. The molecule has 0 aliphatic carbocycles. The largest absolute Gasteiger partial charge is 0.463 e. The summed E-state index contributed by atoms with van der Waals surface area (Å²) in [6.45, 7) is 6.26. The van der Waals surface area contributed by atoms with E-state index in [2.05, 4.69) is 6.92 Å². The van der Waals surface area contributed by atoms with E-state index in [4.69, 9.17) is 56.8 Å². The van der Waals surface area contributed by atoms with Crippen LogP contribution in [-0.4, -0.2) is 111 Å². The topological polar surface area (TPSA) is 179 Å². The summed E-state index contributed by atoms with van der Waals surface area (Å²) in [5.41, 5.74) is 3.93. The molecule has 16 nitrogen and oxygen atoms in total. The predicted octanol–water partition coefficient (Wildman–Crippen LogP) is 14.7. The number of hydrogen-bond donors (Lipinski definition) is 0. The zero-order valence-corrected chi connectivity index (χ0v) is 53.9. The molecule has 91 heavy (non-hydrogen) atoms. The third-order valence-corrected chi connectivity index (χ3v) is 16.1. The van der Waals surface area contributed by atoms with E-state index in [1.54, 1.807) is 30.3 Å². The van der Waals surface area contributed by atoms with Crippen molar-refractivity contribution in [2.24, 2.45) is 0 Å². The van der Waals surface area contributed by atoms with Gasteiger partial charge in [-0.3, -0.25) is 14.4 Å². The Kier molecular flexibility index (Phi) is 33.0. The molecule has 0 spiro atoms. The smallest absolute Gasteiger partial charge is 0.338 e. The summed E-state index contributed by atoms with van der Waals surface area (Å²) < 4.78 is 79.3. The first-order valence-corrected chi connectivity index (χ1v) is 33.1. The van der Waals surface area contributed by atoms with Crippen molar-refractivity contribution in [1.82, 2.24) is 0 Å². The van der Waals surface area contributed by atoms with E-state index in [-0.39, 0.29) is 46.2 Å². The first-order chi connectivity index (χ1) is 44.5. The second-order valence-electron chi connectivity index (χ2n) is 23.6. The van der Waals surface area contributed by atoms with Crippen molar-refractivity contribution in [1.29, 1.82) is 0 Å². The van der Waals surface area contributed by atoms with Gasteiger partial charge in [0.2, 0.25) is 0 Å². The number of benzene rings is 5. The number of unbranched alkanes of at least 4 members (excludes halogenated alkanes) is 14.